The Bertz CT molecular complexity index is 1180. The smallest absolute Gasteiger partial charge is 0.262 e. The Morgan fingerprint density at radius 1 is 1.25 bits per heavy atom. The van der Waals surface area contributed by atoms with Gasteiger partial charge in [-0.25, -0.2) is 8.42 Å². The quantitative estimate of drug-likeness (QED) is 0.694. The van der Waals surface area contributed by atoms with Crippen LogP contribution in [0.25, 0.3) is 10.9 Å². The Hall–Kier alpha value is -2.67. The molecule has 0 fully saturated rings. The number of carbonyl (C=O) groups excluding carboxylic acids is 1. The molecule has 28 heavy (non-hydrogen) atoms. The van der Waals surface area contributed by atoms with E-state index in [0.717, 1.165) is 17.5 Å². The summed E-state index contributed by atoms with van der Waals surface area (Å²) in [5.41, 5.74) is 3.28. The fraction of sp³-hybridized carbons (Fsp3) is 0.333. The molecule has 146 valence electrons. The van der Waals surface area contributed by atoms with E-state index in [9.17, 15) is 13.2 Å². The van der Waals surface area contributed by atoms with Crippen molar-refractivity contribution in [3.8, 4) is 0 Å². The number of anilines is 1. The van der Waals surface area contributed by atoms with E-state index in [1.54, 1.807) is 24.4 Å². The van der Waals surface area contributed by atoms with Gasteiger partial charge >= 0.3 is 0 Å². The van der Waals surface area contributed by atoms with Crippen LogP contribution in [0.2, 0.25) is 0 Å². The van der Waals surface area contributed by atoms with Gasteiger partial charge in [0.15, 0.2) is 5.78 Å². The van der Waals surface area contributed by atoms with Crippen molar-refractivity contribution >= 4 is 32.4 Å². The standard InChI is InChI=1S/C21H23N3O3S/c1-4-13-8-15-16(23-17-10-21(2,3)11-18(25)20(15)17)9-19(13)28(26,27)24-14-6-5-7-22-12-14/h5-9,12,23-24H,4,10-11H2,1-3H3. The fourth-order valence-electron chi connectivity index (χ4n) is 4.00. The lowest BCUT2D eigenvalue weighted by atomic mass is 9.76. The van der Waals surface area contributed by atoms with Crippen molar-refractivity contribution in [3.05, 3.63) is 53.5 Å². The highest BCUT2D eigenvalue weighted by Crippen LogP contribution is 2.39. The van der Waals surface area contributed by atoms with Gasteiger partial charge < -0.3 is 4.98 Å². The minimum absolute atomic E-state index is 0.102. The minimum Gasteiger partial charge on any atom is -0.358 e. The van der Waals surface area contributed by atoms with E-state index in [4.69, 9.17) is 0 Å². The molecule has 1 aliphatic rings. The Kier molecular flexibility index (Phi) is 4.30. The number of hydrogen-bond acceptors (Lipinski definition) is 4. The maximum atomic E-state index is 13.0. The number of carbonyl (C=O) groups is 1. The van der Waals surface area contributed by atoms with E-state index in [1.807, 2.05) is 13.0 Å². The predicted octanol–water partition coefficient (Wildman–Crippen LogP) is 4.08. The van der Waals surface area contributed by atoms with Crippen molar-refractivity contribution < 1.29 is 13.2 Å². The molecule has 0 radical (unpaired) electrons. The maximum Gasteiger partial charge on any atom is 0.262 e. The number of ketones is 1. The van der Waals surface area contributed by atoms with Crippen LogP contribution in [0.15, 0.2) is 41.6 Å². The number of aryl methyl sites for hydroxylation is 1. The van der Waals surface area contributed by atoms with E-state index >= 15 is 0 Å². The molecule has 0 saturated heterocycles. The van der Waals surface area contributed by atoms with Gasteiger partial charge in [0.25, 0.3) is 10.0 Å². The largest absolute Gasteiger partial charge is 0.358 e. The van der Waals surface area contributed by atoms with Gasteiger partial charge in [-0.1, -0.05) is 20.8 Å². The lowest BCUT2D eigenvalue weighted by Gasteiger charge is -2.28. The summed E-state index contributed by atoms with van der Waals surface area (Å²) < 4.78 is 28.6. The van der Waals surface area contributed by atoms with Gasteiger partial charge in [0.05, 0.1) is 16.8 Å². The molecule has 6 nitrogen and oxygen atoms in total. The van der Waals surface area contributed by atoms with Crippen molar-refractivity contribution in [1.82, 2.24) is 9.97 Å². The number of benzene rings is 1. The van der Waals surface area contributed by atoms with E-state index in [-0.39, 0.29) is 16.1 Å². The highest BCUT2D eigenvalue weighted by Gasteiger charge is 2.34. The van der Waals surface area contributed by atoms with Crippen LogP contribution in [0.1, 0.15) is 48.8 Å². The molecule has 2 heterocycles. The number of pyridine rings is 1. The molecule has 1 aliphatic carbocycles. The summed E-state index contributed by atoms with van der Waals surface area (Å²) in [4.78, 5) is 20.2. The fourth-order valence-corrected chi connectivity index (χ4v) is 5.36. The third kappa shape index (κ3) is 3.20. The average molecular weight is 398 g/mol. The van der Waals surface area contributed by atoms with Gasteiger partial charge in [0.2, 0.25) is 0 Å². The first kappa shape index (κ1) is 18.7. The topological polar surface area (TPSA) is 91.9 Å². The molecule has 4 rings (SSSR count). The van der Waals surface area contributed by atoms with E-state index in [2.05, 4.69) is 28.5 Å². The number of aromatic amines is 1. The second kappa shape index (κ2) is 6.44. The van der Waals surface area contributed by atoms with Crippen molar-refractivity contribution in [2.24, 2.45) is 5.41 Å². The number of sulfonamides is 1. The van der Waals surface area contributed by atoms with Crippen LogP contribution in [-0.2, 0) is 22.9 Å². The Morgan fingerprint density at radius 3 is 2.71 bits per heavy atom. The molecule has 0 atom stereocenters. The van der Waals surface area contributed by atoms with Crippen LogP contribution < -0.4 is 4.72 Å². The molecule has 7 heteroatoms. The zero-order valence-corrected chi connectivity index (χ0v) is 17.0. The number of nitrogens with zero attached hydrogens (tertiary/aromatic N) is 1. The Morgan fingerprint density at radius 2 is 2.04 bits per heavy atom. The van der Waals surface area contributed by atoms with Crippen LogP contribution in [0.5, 0.6) is 0 Å². The Balaban J connectivity index is 1.86. The summed E-state index contributed by atoms with van der Waals surface area (Å²) in [6.45, 7) is 6.06. The molecule has 0 spiro atoms. The van der Waals surface area contributed by atoms with Crippen molar-refractivity contribution in [1.29, 1.82) is 0 Å². The van der Waals surface area contributed by atoms with E-state index in [1.165, 1.54) is 6.20 Å². The first-order valence-electron chi connectivity index (χ1n) is 9.34. The molecule has 0 aliphatic heterocycles. The molecule has 0 amide bonds. The highest BCUT2D eigenvalue weighted by molar-refractivity contribution is 7.92. The van der Waals surface area contributed by atoms with E-state index < -0.39 is 10.0 Å². The third-order valence-electron chi connectivity index (χ3n) is 5.21. The molecular weight excluding hydrogens is 374 g/mol. The van der Waals surface area contributed by atoms with Gasteiger partial charge in [-0.05, 0) is 48.1 Å². The number of fused-ring (bicyclic) bond motifs is 3. The predicted molar refractivity (Wildman–Crippen MR) is 109 cm³/mol. The average Bonchev–Trinajstić information content (AvgIpc) is 2.96. The van der Waals surface area contributed by atoms with Gasteiger partial charge in [0.1, 0.15) is 0 Å². The zero-order valence-electron chi connectivity index (χ0n) is 16.2. The number of aromatic nitrogens is 2. The zero-order chi connectivity index (χ0) is 20.1. The molecule has 2 aromatic heterocycles. The summed E-state index contributed by atoms with van der Waals surface area (Å²) in [6.07, 6.45) is 4.86. The lowest BCUT2D eigenvalue weighted by Crippen LogP contribution is -2.26. The van der Waals surface area contributed by atoms with Crippen LogP contribution in [0.4, 0.5) is 5.69 Å². The Labute approximate surface area is 164 Å². The van der Waals surface area contributed by atoms with Crippen molar-refractivity contribution in [3.63, 3.8) is 0 Å². The van der Waals surface area contributed by atoms with Crippen LogP contribution >= 0.6 is 0 Å². The van der Waals surface area contributed by atoms with Gasteiger partial charge in [0, 0.05) is 34.8 Å². The normalized spacial score (nSPS) is 16.2. The van der Waals surface area contributed by atoms with Crippen molar-refractivity contribution in [2.45, 2.75) is 44.9 Å². The summed E-state index contributed by atoms with van der Waals surface area (Å²) in [6, 6.07) is 6.82. The highest BCUT2D eigenvalue weighted by atomic mass is 32.2. The van der Waals surface area contributed by atoms with E-state index in [0.29, 0.717) is 35.2 Å². The number of rotatable bonds is 4. The molecule has 1 aromatic carbocycles. The van der Waals surface area contributed by atoms with Crippen LogP contribution in [0.3, 0.4) is 0 Å². The second-order valence-electron chi connectivity index (χ2n) is 8.13. The second-order valence-corrected chi connectivity index (χ2v) is 9.78. The first-order chi connectivity index (χ1) is 13.2. The van der Waals surface area contributed by atoms with Gasteiger partial charge in [-0.15, -0.1) is 0 Å². The van der Waals surface area contributed by atoms with Crippen molar-refractivity contribution in [2.75, 3.05) is 4.72 Å². The summed E-state index contributed by atoms with van der Waals surface area (Å²) in [5, 5.41) is 0.813. The lowest BCUT2D eigenvalue weighted by molar-refractivity contribution is 0.0913. The summed E-state index contributed by atoms with van der Waals surface area (Å²) >= 11 is 0. The summed E-state index contributed by atoms with van der Waals surface area (Å²) in [5.74, 6) is 0.114. The SMILES string of the molecule is CCc1cc2c3c([nH]c2cc1S(=O)(=O)Nc1cccnc1)CC(C)(C)CC3=O. The number of H-pyrrole nitrogens is 1. The maximum absolute atomic E-state index is 13.0. The molecule has 0 unspecified atom stereocenters. The molecule has 0 saturated carbocycles. The number of Topliss-reactive ketones (excluding diaryl/α,β-unsaturated/α-hetero) is 1. The monoisotopic (exact) mass is 397 g/mol. The van der Waals surface area contributed by atoms with Crippen LogP contribution in [0, 0.1) is 5.41 Å². The minimum atomic E-state index is -3.78. The first-order valence-corrected chi connectivity index (χ1v) is 10.8. The molecule has 2 N–H and O–H groups in total. The number of nitrogens with one attached hydrogen (secondary N) is 2. The third-order valence-corrected chi connectivity index (χ3v) is 6.68. The molecule has 0 bridgehead atoms. The van der Waals surface area contributed by atoms with Crippen LogP contribution in [-0.4, -0.2) is 24.2 Å². The van der Waals surface area contributed by atoms with Gasteiger partial charge in [-0.2, -0.15) is 0 Å². The summed E-state index contributed by atoms with van der Waals surface area (Å²) in [7, 11) is -3.78. The molecular formula is C21H23N3O3S. The number of hydrogen-bond donors (Lipinski definition) is 2. The molecule has 3 aromatic rings. The van der Waals surface area contributed by atoms with Gasteiger partial charge in [-0.3, -0.25) is 14.5 Å².